The molecule has 2 aromatic rings. The molecule has 7 nitrogen and oxygen atoms in total. The van der Waals surface area contributed by atoms with Crippen molar-refractivity contribution in [2.45, 2.75) is 31.2 Å². The highest BCUT2D eigenvalue weighted by atomic mass is 32.1. The van der Waals surface area contributed by atoms with E-state index in [1.807, 2.05) is 70.5 Å². The number of carbonyl (C=O) groups excluding carboxylic acids is 1. The topological polar surface area (TPSA) is 66.1 Å². The van der Waals surface area contributed by atoms with Crippen LogP contribution in [0.25, 0.3) is 0 Å². The van der Waals surface area contributed by atoms with Gasteiger partial charge in [0.25, 0.3) is 5.91 Å². The van der Waals surface area contributed by atoms with Gasteiger partial charge < -0.3 is 29.9 Å². The average Bonchev–Trinajstić information content (AvgIpc) is 3.39. The molecule has 2 aromatic carbocycles. The molecule has 0 saturated carbocycles. The van der Waals surface area contributed by atoms with Gasteiger partial charge in [-0.25, -0.2) is 0 Å². The molecule has 8 heteroatoms. The number of ether oxygens (including phenoxy) is 2. The lowest BCUT2D eigenvalue weighted by molar-refractivity contribution is -0.133. The van der Waals surface area contributed by atoms with Crippen LogP contribution >= 0.6 is 12.2 Å². The Morgan fingerprint density at radius 2 is 1.76 bits per heavy atom. The van der Waals surface area contributed by atoms with Crippen LogP contribution in [0, 0.1) is 0 Å². The summed E-state index contributed by atoms with van der Waals surface area (Å²) in [5, 5.41) is 7.73. The number of methoxy groups -OCH3 is 1. The fourth-order valence-electron chi connectivity index (χ4n) is 4.90. The zero-order valence-electron chi connectivity index (χ0n) is 19.3. The maximum atomic E-state index is 14.2. The quantitative estimate of drug-likeness (QED) is 0.593. The molecule has 178 valence electrons. The Morgan fingerprint density at radius 1 is 1.06 bits per heavy atom. The van der Waals surface area contributed by atoms with E-state index in [-0.39, 0.29) is 24.2 Å². The van der Waals surface area contributed by atoms with Crippen molar-refractivity contribution in [2.75, 3.05) is 33.4 Å². The van der Waals surface area contributed by atoms with Crippen molar-refractivity contribution in [1.82, 2.24) is 20.4 Å². The van der Waals surface area contributed by atoms with E-state index in [9.17, 15) is 4.79 Å². The SMILES string of the molecule is COCCN1C(=O)C2=C(N[C@@H]1c1ccccc1)N(C[C@@H]1CCCO1)C(=S)N[C@H]2c1ccccc1. The number of hydrogen-bond donors (Lipinski definition) is 2. The Hall–Kier alpha value is -2.94. The first-order valence-electron chi connectivity index (χ1n) is 11.8. The van der Waals surface area contributed by atoms with Crippen LogP contribution in [-0.4, -0.2) is 60.3 Å². The standard InChI is InChI=1S/C26H30N4O3S/c1-32-16-14-29-23(19-11-6-3-7-12-19)28-24-21(25(29)31)22(18-9-4-2-5-10-18)27-26(34)30(24)17-20-13-8-15-33-20/h2-7,9-12,20,22-23,28H,8,13-17H2,1H3,(H,27,34)/t20-,22-,23-/m0/s1. The third kappa shape index (κ3) is 4.41. The van der Waals surface area contributed by atoms with Gasteiger partial charge in [0.1, 0.15) is 12.0 Å². The lowest BCUT2D eigenvalue weighted by atomic mass is 9.93. The molecule has 0 unspecified atom stereocenters. The summed E-state index contributed by atoms with van der Waals surface area (Å²) in [6.45, 7) is 2.28. The Balaban J connectivity index is 1.60. The van der Waals surface area contributed by atoms with Crippen molar-refractivity contribution in [1.29, 1.82) is 0 Å². The van der Waals surface area contributed by atoms with E-state index >= 15 is 0 Å². The van der Waals surface area contributed by atoms with E-state index in [1.165, 1.54) is 0 Å². The van der Waals surface area contributed by atoms with Gasteiger partial charge >= 0.3 is 0 Å². The van der Waals surface area contributed by atoms with Gasteiger partial charge in [0, 0.05) is 20.3 Å². The summed E-state index contributed by atoms with van der Waals surface area (Å²) < 4.78 is 11.3. The van der Waals surface area contributed by atoms with Crippen LogP contribution < -0.4 is 10.6 Å². The predicted molar refractivity (Wildman–Crippen MR) is 134 cm³/mol. The zero-order chi connectivity index (χ0) is 23.5. The van der Waals surface area contributed by atoms with Crippen LogP contribution in [0.1, 0.15) is 36.2 Å². The van der Waals surface area contributed by atoms with E-state index in [0.717, 1.165) is 36.4 Å². The third-order valence-corrected chi connectivity index (χ3v) is 6.94. The molecule has 0 aliphatic carbocycles. The third-order valence-electron chi connectivity index (χ3n) is 6.60. The predicted octanol–water partition coefficient (Wildman–Crippen LogP) is 3.09. The highest BCUT2D eigenvalue weighted by Gasteiger charge is 2.44. The molecule has 3 aliphatic rings. The van der Waals surface area contributed by atoms with Crippen molar-refractivity contribution in [3.05, 3.63) is 83.2 Å². The highest BCUT2D eigenvalue weighted by molar-refractivity contribution is 7.80. The van der Waals surface area contributed by atoms with Gasteiger partial charge in [-0.05, 0) is 36.2 Å². The van der Waals surface area contributed by atoms with Crippen LogP contribution in [0.3, 0.4) is 0 Å². The minimum atomic E-state index is -0.341. The second-order valence-electron chi connectivity index (χ2n) is 8.75. The maximum Gasteiger partial charge on any atom is 0.257 e. The number of hydrogen-bond acceptors (Lipinski definition) is 5. The first-order valence-corrected chi connectivity index (χ1v) is 12.2. The second-order valence-corrected chi connectivity index (χ2v) is 9.14. The molecule has 0 bridgehead atoms. The Labute approximate surface area is 205 Å². The first kappa shape index (κ1) is 22.8. The molecule has 0 spiro atoms. The smallest absolute Gasteiger partial charge is 0.257 e. The molecular weight excluding hydrogens is 448 g/mol. The van der Waals surface area contributed by atoms with Gasteiger partial charge in [-0.1, -0.05) is 60.7 Å². The Kier molecular flexibility index (Phi) is 6.80. The first-order chi connectivity index (χ1) is 16.7. The molecule has 34 heavy (non-hydrogen) atoms. The molecule has 2 N–H and O–H groups in total. The molecule has 0 aromatic heterocycles. The summed E-state index contributed by atoms with van der Waals surface area (Å²) in [6, 6.07) is 19.7. The van der Waals surface area contributed by atoms with Crippen molar-refractivity contribution in [2.24, 2.45) is 0 Å². The molecule has 1 saturated heterocycles. The minimum Gasteiger partial charge on any atom is -0.383 e. The van der Waals surface area contributed by atoms with Crippen LogP contribution in [0.2, 0.25) is 0 Å². The maximum absolute atomic E-state index is 14.2. The van der Waals surface area contributed by atoms with E-state index in [2.05, 4.69) is 10.6 Å². The number of thiocarbonyl (C=S) groups is 1. The summed E-state index contributed by atoms with van der Waals surface area (Å²) in [7, 11) is 1.65. The summed E-state index contributed by atoms with van der Waals surface area (Å²) in [5.41, 5.74) is 2.67. The van der Waals surface area contributed by atoms with Crippen LogP contribution in [0.4, 0.5) is 0 Å². The molecule has 3 heterocycles. The number of amides is 1. The van der Waals surface area contributed by atoms with Gasteiger partial charge in [0.15, 0.2) is 5.11 Å². The average molecular weight is 479 g/mol. The zero-order valence-corrected chi connectivity index (χ0v) is 20.1. The summed E-state index contributed by atoms with van der Waals surface area (Å²) in [4.78, 5) is 18.0. The molecule has 5 rings (SSSR count). The molecule has 3 aliphatic heterocycles. The summed E-state index contributed by atoms with van der Waals surface area (Å²) >= 11 is 5.84. The van der Waals surface area contributed by atoms with Gasteiger partial charge in [-0.15, -0.1) is 0 Å². The lowest BCUT2D eigenvalue weighted by Gasteiger charge is -2.47. The van der Waals surface area contributed by atoms with Crippen LogP contribution in [0.15, 0.2) is 72.1 Å². The molecular formula is C26H30N4O3S. The minimum absolute atomic E-state index is 0.0270. The van der Waals surface area contributed by atoms with E-state index < -0.39 is 0 Å². The summed E-state index contributed by atoms with van der Waals surface area (Å²) in [6.07, 6.45) is 1.79. The van der Waals surface area contributed by atoms with Gasteiger partial charge in [-0.3, -0.25) is 4.79 Å². The van der Waals surface area contributed by atoms with E-state index in [1.54, 1.807) is 7.11 Å². The van der Waals surface area contributed by atoms with Gasteiger partial charge in [-0.2, -0.15) is 0 Å². The monoisotopic (exact) mass is 478 g/mol. The van der Waals surface area contributed by atoms with Crippen molar-refractivity contribution in [3.63, 3.8) is 0 Å². The molecule has 0 radical (unpaired) electrons. The van der Waals surface area contributed by atoms with Crippen LogP contribution in [-0.2, 0) is 14.3 Å². The van der Waals surface area contributed by atoms with Crippen molar-refractivity contribution < 1.29 is 14.3 Å². The van der Waals surface area contributed by atoms with Crippen molar-refractivity contribution in [3.8, 4) is 0 Å². The van der Waals surface area contributed by atoms with E-state index in [4.69, 9.17) is 21.7 Å². The van der Waals surface area contributed by atoms with Crippen LogP contribution in [0.5, 0.6) is 0 Å². The van der Waals surface area contributed by atoms with E-state index in [0.29, 0.717) is 30.4 Å². The molecule has 1 fully saturated rings. The fraction of sp³-hybridized carbons (Fsp3) is 0.385. The Bertz CT molecular complexity index is 1060. The normalized spacial score (nSPS) is 24.7. The largest absolute Gasteiger partial charge is 0.383 e. The fourth-order valence-corrected chi connectivity index (χ4v) is 5.18. The lowest BCUT2D eigenvalue weighted by Crippen LogP contribution is -2.60. The van der Waals surface area contributed by atoms with Gasteiger partial charge in [0.05, 0.1) is 30.9 Å². The number of nitrogens with one attached hydrogen (secondary N) is 2. The van der Waals surface area contributed by atoms with Gasteiger partial charge in [0.2, 0.25) is 0 Å². The summed E-state index contributed by atoms with van der Waals surface area (Å²) in [5.74, 6) is 0.737. The highest BCUT2D eigenvalue weighted by Crippen LogP contribution is 2.37. The Morgan fingerprint density at radius 3 is 2.41 bits per heavy atom. The number of rotatable bonds is 7. The molecule has 3 atom stereocenters. The second kappa shape index (κ2) is 10.1. The number of nitrogens with zero attached hydrogens (tertiary/aromatic N) is 2. The van der Waals surface area contributed by atoms with Crippen molar-refractivity contribution >= 4 is 23.2 Å². The number of carbonyl (C=O) groups is 1. The molecule has 1 amide bonds. The number of benzene rings is 2.